The normalized spacial score (nSPS) is 11.0. The number of ether oxygens (including phenoxy) is 2. The van der Waals surface area contributed by atoms with Crippen LogP contribution in [0, 0.1) is 5.82 Å². The minimum Gasteiger partial charge on any atom is -0.465 e. The maximum absolute atomic E-state index is 13.2. The average Bonchev–Trinajstić information content (AvgIpc) is 2.44. The van der Waals surface area contributed by atoms with Crippen molar-refractivity contribution in [3.05, 3.63) is 29.6 Å². The number of rotatable bonds is 6. The van der Waals surface area contributed by atoms with E-state index in [0.717, 1.165) is 19.2 Å². The third kappa shape index (κ3) is 4.50. The molecule has 0 saturated carbocycles. The Labute approximate surface area is 121 Å². The number of sulfonamides is 1. The standard InChI is InChI=1S/C12H14FNO6S/c1-3-20-11(15)7-14-21(17,18)10-6-8(13)4-5-9(10)12(16)19-2/h4-6,14H,3,7H2,1-2H3. The lowest BCUT2D eigenvalue weighted by Crippen LogP contribution is -2.31. The summed E-state index contributed by atoms with van der Waals surface area (Å²) >= 11 is 0. The quantitative estimate of drug-likeness (QED) is 0.765. The number of carbonyl (C=O) groups excluding carboxylic acids is 2. The fourth-order valence-corrected chi connectivity index (χ4v) is 2.61. The summed E-state index contributed by atoms with van der Waals surface area (Å²) < 4.78 is 48.2. The van der Waals surface area contributed by atoms with Crippen molar-refractivity contribution in [1.82, 2.24) is 4.72 Å². The molecule has 7 nitrogen and oxygen atoms in total. The first-order chi connectivity index (χ1) is 9.81. The molecule has 0 radical (unpaired) electrons. The number of halogens is 1. The molecule has 21 heavy (non-hydrogen) atoms. The van der Waals surface area contributed by atoms with Gasteiger partial charge in [0.1, 0.15) is 12.4 Å². The van der Waals surface area contributed by atoms with Gasteiger partial charge in [-0.25, -0.2) is 17.6 Å². The van der Waals surface area contributed by atoms with E-state index in [9.17, 15) is 22.4 Å². The van der Waals surface area contributed by atoms with Crippen LogP contribution in [0.3, 0.4) is 0 Å². The molecule has 0 aliphatic heterocycles. The van der Waals surface area contributed by atoms with E-state index in [-0.39, 0.29) is 12.2 Å². The Bertz CT molecular complexity index is 643. The SMILES string of the molecule is CCOC(=O)CNS(=O)(=O)c1cc(F)ccc1C(=O)OC. The Morgan fingerprint density at radius 3 is 2.57 bits per heavy atom. The van der Waals surface area contributed by atoms with Crippen LogP contribution in [-0.2, 0) is 24.3 Å². The second-order valence-corrected chi connectivity index (χ2v) is 5.50. The average molecular weight is 319 g/mol. The third-order valence-corrected chi connectivity index (χ3v) is 3.79. The van der Waals surface area contributed by atoms with E-state index in [1.54, 1.807) is 6.92 Å². The molecule has 9 heteroatoms. The fourth-order valence-electron chi connectivity index (χ4n) is 1.44. The monoisotopic (exact) mass is 319 g/mol. The zero-order chi connectivity index (χ0) is 16.0. The number of methoxy groups -OCH3 is 1. The molecule has 116 valence electrons. The number of benzene rings is 1. The number of nitrogens with one attached hydrogen (secondary N) is 1. The van der Waals surface area contributed by atoms with Gasteiger partial charge in [0, 0.05) is 0 Å². The summed E-state index contributed by atoms with van der Waals surface area (Å²) in [5.41, 5.74) is -0.338. The first-order valence-electron chi connectivity index (χ1n) is 5.85. The van der Waals surface area contributed by atoms with E-state index in [1.165, 1.54) is 0 Å². The molecule has 0 heterocycles. The van der Waals surface area contributed by atoms with Crippen molar-refractivity contribution in [3.63, 3.8) is 0 Å². The van der Waals surface area contributed by atoms with Crippen molar-refractivity contribution in [2.24, 2.45) is 0 Å². The molecular weight excluding hydrogens is 305 g/mol. The highest BCUT2D eigenvalue weighted by Crippen LogP contribution is 2.18. The van der Waals surface area contributed by atoms with E-state index >= 15 is 0 Å². The van der Waals surface area contributed by atoms with Gasteiger partial charge in [-0.1, -0.05) is 0 Å². The molecule has 0 aliphatic carbocycles. The molecule has 1 aromatic carbocycles. The number of carbonyl (C=O) groups is 2. The third-order valence-electron chi connectivity index (χ3n) is 2.35. The molecule has 0 atom stereocenters. The Morgan fingerprint density at radius 1 is 1.33 bits per heavy atom. The lowest BCUT2D eigenvalue weighted by atomic mass is 10.2. The van der Waals surface area contributed by atoms with Crippen molar-refractivity contribution < 1.29 is 31.9 Å². The maximum Gasteiger partial charge on any atom is 0.339 e. The van der Waals surface area contributed by atoms with Crippen LogP contribution in [-0.4, -0.2) is 40.6 Å². The molecule has 0 amide bonds. The highest BCUT2D eigenvalue weighted by molar-refractivity contribution is 7.89. The zero-order valence-corrected chi connectivity index (χ0v) is 12.2. The van der Waals surface area contributed by atoms with Crippen LogP contribution in [0.15, 0.2) is 23.1 Å². The summed E-state index contributed by atoms with van der Waals surface area (Å²) in [6.45, 7) is 1.02. The van der Waals surface area contributed by atoms with E-state index in [2.05, 4.69) is 9.47 Å². The molecule has 0 bridgehead atoms. The van der Waals surface area contributed by atoms with Gasteiger partial charge in [0.15, 0.2) is 0 Å². The van der Waals surface area contributed by atoms with Gasteiger partial charge < -0.3 is 9.47 Å². The smallest absolute Gasteiger partial charge is 0.339 e. The minimum atomic E-state index is -4.27. The molecule has 1 rings (SSSR count). The van der Waals surface area contributed by atoms with Crippen LogP contribution in [0.4, 0.5) is 4.39 Å². The van der Waals surface area contributed by atoms with Crippen LogP contribution in [0.5, 0.6) is 0 Å². The molecule has 0 unspecified atom stereocenters. The highest BCUT2D eigenvalue weighted by atomic mass is 32.2. The van der Waals surface area contributed by atoms with Crippen LogP contribution in [0.25, 0.3) is 0 Å². The number of hydrogen-bond acceptors (Lipinski definition) is 6. The fraction of sp³-hybridized carbons (Fsp3) is 0.333. The van der Waals surface area contributed by atoms with Gasteiger partial charge in [0.05, 0.1) is 24.2 Å². The van der Waals surface area contributed by atoms with Crippen molar-refractivity contribution in [2.75, 3.05) is 20.3 Å². The molecule has 0 aromatic heterocycles. The Balaban J connectivity index is 3.10. The topological polar surface area (TPSA) is 98.8 Å². The molecule has 0 spiro atoms. The molecular formula is C12H14FNO6S. The maximum atomic E-state index is 13.2. The summed E-state index contributed by atoms with van der Waals surface area (Å²) in [7, 11) is -3.21. The lowest BCUT2D eigenvalue weighted by Gasteiger charge is -2.10. The van der Waals surface area contributed by atoms with Crippen molar-refractivity contribution in [3.8, 4) is 0 Å². The Hall–Kier alpha value is -2.00. The Kier molecular flexibility index (Phi) is 5.79. The molecule has 0 fully saturated rings. The molecule has 1 N–H and O–H groups in total. The summed E-state index contributed by atoms with van der Waals surface area (Å²) in [6, 6.07) is 2.58. The van der Waals surface area contributed by atoms with Gasteiger partial charge in [-0.2, -0.15) is 4.72 Å². The highest BCUT2D eigenvalue weighted by Gasteiger charge is 2.24. The van der Waals surface area contributed by atoms with Crippen LogP contribution in [0.1, 0.15) is 17.3 Å². The number of esters is 2. The second kappa shape index (κ2) is 7.14. The predicted octanol–water partition coefficient (Wildman–Crippen LogP) is 0.454. The van der Waals surface area contributed by atoms with Gasteiger partial charge in [-0.3, -0.25) is 4.79 Å². The van der Waals surface area contributed by atoms with E-state index in [1.807, 2.05) is 4.72 Å². The van der Waals surface area contributed by atoms with Gasteiger partial charge >= 0.3 is 11.9 Å². The second-order valence-electron chi connectivity index (χ2n) is 3.76. The first kappa shape index (κ1) is 17.1. The van der Waals surface area contributed by atoms with Gasteiger partial charge in [0.25, 0.3) is 0 Å². The van der Waals surface area contributed by atoms with Crippen LogP contribution in [0.2, 0.25) is 0 Å². The van der Waals surface area contributed by atoms with Crippen LogP contribution >= 0.6 is 0 Å². The summed E-state index contributed by atoms with van der Waals surface area (Å²) in [5.74, 6) is -2.58. The van der Waals surface area contributed by atoms with Gasteiger partial charge in [-0.05, 0) is 25.1 Å². The van der Waals surface area contributed by atoms with Crippen LogP contribution < -0.4 is 4.72 Å². The largest absolute Gasteiger partial charge is 0.465 e. The summed E-state index contributed by atoms with van der Waals surface area (Å²) in [5, 5.41) is 0. The predicted molar refractivity (Wildman–Crippen MR) is 69.6 cm³/mol. The minimum absolute atomic E-state index is 0.0912. The molecule has 1 aromatic rings. The van der Waals surface area contributed by atoms with Gasteiger partial charge in [-0.15, -0.1) is 0 Å². The van der Waals surface area contributed by atoms with E-state index in [0.29, 0.717) is 6.07 Å². The molecule has 0 saturated heterocycles. The lowest BCUT2D eigenvalue weighted by molar-refractivity contribution is -0.141. The van der Waals surface area contributed by atoms with Crippen molar-refractivity contribution in [2.45, 2.75) is 11.8 Å². The number of hydrogen-bond donors (Lipinski definition) is 1. The summed E-state index contributed by atoms with van der Waals surface area (Å²) in [4.78, 5) is 22.0. The van der Waals surface area contributed by atoms with E-state index < -0.39 is 39.2 Å². The first-order valence-corrected chi connectivity index (χ1v) is 7.33. The summed E-state index contributed by atoms with van der Waals surface area (Å²) in [6.07, 6.45) is 0. The van der Waals surface area contributed by atoms with Crippen molar-refractivity contribution in [1.29, 1.82) is 0 Å². The van der Waals surface area contributed by atoms with Crippen molar-refractivity contribution >= 4 is 22.0 Å². The van der Waals surface area contributed by atoms with Gasteiger partial charge in [0.2, 0.25) is 10.0 Å². The zero-order valence-electron chi connectivity index (χ0n) is 11.4. The van der Waals surface area contributed by atoms with E-state index in [4.69, 9.17) is 0 Å². The molecule has 0 aliphatic rings. The Morgan fingerprint density at radius 2 is 2.00 bits per heavy atom.